The fraction of sp³-hybridized carbons (Fsp3) is 0.222. The Morgan fingerprint density at radius 1 is 0.921 bits per heavy atom. The fourth-order valence-corrected chi connectivity index (χ4v) is 4.15. The first-order valence-corrected chi connectivity index (χ1v) is 12.5. The van der Waals surface area contributed by atoms with Crippen LogP contribution in [0, 0.1) is 0 Å². The van der Waals surface area contributed by atoms with E-state index in [2.05, 4.69) is 20.9 Å². The summed E-state index contributed by atoms with van der Waals surface area (Å²) in [4.78, 5) is 24.1. The predicted octanol–water partition coefficient (Wildman–Crippen LogP) is 6.24. The van der Waals surface area contributed by atoms with Crippen LogP contribution in [0.2, 0.25) is 10.0 Å². The van der Waals surface area contributed by atoms with E-state index in [1.165, 1.54) is 0 Å². The molecule has 0 aliphatic heterocycles. The van der Waals surface area contributed by atoms with Gasteiger partial charge in [0.1, 0.15) is 5.82 Å². The Kier molecular flexibility index (Phi) is 8.73. The van der Waals surface area contributed by atoms with Crippen LogP contribution < -0.4 is 25.4 Å². The normalized spacial score (nSPS) is 10.9. The number of methoxy groups -OCH3 is 2. The molecule has 9 nitrogen and oxygen atoms in total. The topological polar surface area (TPSA) is 101 Å². The lowest BCUT2D eigenvalue weighted by Crippen LogP contribution is -2.21. The molecule has 0 saturated carbocycles. The van der Waals surface area contributed by atoms with Crippen LogP contribution in [0.15, 0.2) is 54.6 Å². The number of carbonyl (C=O) groups excluding carboxylic acids is 1. The minimum absolute atomic E-state index is 0.348. The van der Waals surface area contributed by atoms with Gasteiger partial charge in [-0.1, -0.05) is 23.2 Å². The molecule has 3 aromatic carbocycles. The van der Waals surface area contributed by atoms with Crippen LogP contribution in [0.3, 0.4) is 0 Å². The number of anilines is 3. The number of likely N-dealkylation sites (N-methyl/N-ethyl adjacent to an activating group) is 1. The van der Waals surface area contributed by atoms with Gasteiger partial charge in [-0.3, -0.25) is 0 Å². The van der Waals surface area contributed by atoms with Crippen molar-refractivity contribution in [1.82, 2.24) is 14.9 Å². The van der Waals surface area contributed by atoms with E-state index in [1.807, 2.05) is 38.4 Å². The number of aromatic nitrogens is 2. The number of hydrogen-bond acceptors (Lipinski definition) is 7. The zero-order chi connectivity index (χ0) is 27.2. The van der Waals surface area contributed by atoms with Gasteiger partial charge >= 0.3 is 6.03 Å². The SMILES string of the molecule is COc1cc2nc(-c3ccc(NC(=O)Nc4ccc(Cl)cc4Cl)cc3)nc(NCCN(C)C)c2cc1OC. The number of nitrogens with zero attached hydrogens (tertiary/aromatic N) is 3. The number of ether oxygens (including phenoxy) is 2. The van der Waals surface area contributed by atoms with Gasteiger partial charge in [0.25, 0.3) is 0 Å². The van der Waals surface area contributed by atoms with Crippen molar-refractivity contribution in [1.29, 1.82) is 0 Å². The third-order valence-electron chi connectivity index (χ3n) is 5.63. The molecule has 0 radical (unpaired) electrons. The maximum atomic E-state index is 12.5. The first-order chi connectivity index (χ1) is 18.3. The molecule has 4 rings (SSSR count). The summed E-state index contributed by atoms with van der Waals surface area (Å²) >= 11 is 12.1. The predicted molar refractivity (Wildman–Crippen MR) is 154 cm³/mol. The summed E-state index contributed by atoms with van der Waals surface area (Å²) < 4.78 is 11.0. The monoisotopic (exact) mass is 554 g/mol. The summed E-state index contributed by atoms with van der Waals surface area (Å²) in [5.74, 6) is 2.39. The van der Waals surface area contributed by atoms with E-state index in [-0.39, 0.29) is 0 Å². The van der Waals surface area contributed by atoms with Gasteiger partial charge in [-0.05, 0) is 62.6 Å². The number of benzene rings is 3. The molecule has 0 spiro atoms. The van der Waals surface area contributed by atoms with E-state index < -0.39 is 6.03 Å². The van der Waals surface area contributed by atoms with Crippen molar-refractivity contribution in [3.8, 4) is 22.9 Å². The van der Waals surface area contributed by atoms with Crippen LogP contribution in [0.1, 0.15) is 0 Å². The van der Waals surface area contributed by atoms with Crippen LogP contribution in [0.25, 0.3) is 22.3 Å². The van der Waals surface area contributed by atoms with Crippen LogP contribution in [0.5, 0.6) is 11.5 Å². The van der Waals surface area contributed by atoms with E-state index >= 15 is 0 Å². The van der Waals surface area contributed by atoms with Gasteiger partial charge in [0, 0.05) is 40.8 Å². The van der Waals surface area contributed by atoms with Gasteiger partial charge in [-0.15, -0.1) is 0 Å². The molecule has 3 N–H and O–H groups in total. The molecule has 0 bridgehead atoms. The Morgan fingerprint density at radius 3 is 2.29 bits per heavy atom. The Hall–Kier alpha value is -3.79. The standard InChI is InChI=1S/C27H28Cl2N6O3/c1-35(2)12-11-30-26-19-14-23(37-3)24(38-4)15-22(19)32-25(34-26)16-5-8-18(9-6-16)31-27(36)33-21-10-7-17(28)13-20(21)29/h5-10,13-15H,11-12H2,1-4H3,(H,30,32,34)(H2,31,33,36). The Balaban J connectivity index is 1.59. The van der Waals surface area contributed by atoms with Crippen LogP contribution in [0.4, 0.5) is 22.0 Å². The van der Waals surface area contributed by atoms with Gasteiger partial charge in [-0.25, -0.2) is 14.8 Å². The van der Waals surface area contributed by atoms with Crippen molar-refractivity contribution in [2.75, 3.05) is 57.4 Å². The van der Waals surface area contributed by atoms with E-state index in [0.29, 0.717) is 56.6 Å². The number of rotatable bonds is 9. The van der Waals surface area contributed by atoms with Gasteiger partial charge in [0.2, 0.25) is 0 Å². The molecule has 0 saturated heterocycles. The van der Waals surface area contributed by atoms with E-state index in [9.17, 15) is 4.79 Å². The first kappa shape index (κ1) is 27.3. The van der Waals surface area contributed by atoms with Crippen LogP contribution in [-0.4, -0.2) is 62.3 Å². The first-order valence-electron chi connectivity index (χ1n) is 11.7. The fourth-order valence-electron chi connectivity index (χ4n) is 3.70. The van der Waals surface area contributed by atoms with Gasteiger partial charge in [0.05, 0.1) is 30.4 Å². The largest absolute Gasteiger partial charge is 0.493 e. The number of fused-ring (bicyclic) bond motifs is 1. The zero-order valence-corrected chi connectivity index (χ0v) is 22.9. The second-order valence-corrected chi connectivity index (χ2v) is 9.47. The highest BCUT2D eigenvalue weighted by Gasteiger charge is 2.15. The van der Waals surface area contributed by atoms with E-state index in [0.717, 1.165) is 17.5 Å². The Bertz CT molecular complexity index is 1450. The van der Waals surface area contributed by atoms with Crippen molar-refractivity contribution < 1.29 is 14.3 Å². The molecule has 1 aromatic heterocycles. The van der Waals surface area contributed by atoms with Crippen molar-refractivity contribution in [3.63, 3.8) is 0 Å². The molecule has 11 heteroatoms. The molecular formula is C27H28Cl2N6O3. The van der Waals surface area contributed by atoms with Gasteiger partial charge < -0.3 is 30.3 Å². The van der Waals surface area contributed by atoms with E-state index in [1.54, 1.807) is 44.6 Å². The molecule has 0 unspecified atom stereocenters. The number of carbonyl (C=O) groups is 1. The Morgan fingerprint density at radius 2 is 1.63 bits per heavy atom. The minimum atomic E-state index is -0.433. The number of urea groups is 1. The maximum absolute atomic E-state index is 12.5. The van der Waals surface area contributed by atoms with Crippen molar-refractivity contribution >= 4 is 57.3 Å². The minimum Gasteiger partial charge on any atom is -0.493 e. The molecule has 0 atom stereocenters. The maximum Gasteiger partial charge on any atom is 0.323 e. The molecule has 38 heavy (non-hydrogen) atoms. The highest BCUT2D eigenvalue weighted by atomic mass is 35.5. The summed E-state index contributed by atoms with van der Waals surface area (Å²) in [6, 6.07) is 15.4. The zero-order valence-electron chi connectivity index (χ0n) is 21.4. The highest BCUT2D eigenvalue weighted by Crippen LogP contribution is 2.35. The molecular weight excluding hydrogens is 527 g/mol. The number of nitrogens with one attached hydrogen (secondary N) is 3. The smallest absolute Gasteiger partial charge is 0.323 e. The van der Waals surface area contributed by atoms with Gasteiger partial charge in [-0.2, -0.15) is 0 Å². The molecule has 0 fully saturated rings. The molecule has 198 valence electrons. The third kappa shape index (κ3) is 6.55. The van der Waals surface area contributed by atoms with Crippen molar-refractivity contribution in [3.05, 3.63) is 64.6 Å². The van der Waals surface area contributed by atoms with Crippen molar-refractivity contribution in [2.24, 2.45) is 0 Å². The molecule has 1 heterocycles. The second kappa shape index (κ2) is 12.2. The lowest BCUT2D eigenvalue weighted by Gasteiger charge is -2.15. The van der Waals surface area contributed by atoms with Gasteiger partial charge in [0.15, 0.2) is 17.3 Å². The summed E-state index contributed by atoms with van der Waals surface area (Å²) in [7, 11) is 7.21. The summed E-state index contributed by atoms with van der Waals surface area (Å²) in [5.41, 5.74) is 2.54. The average Bonchev–Trinajstić information content (AvgIpc) is 2.89. The number of halogens is 2. The summed E-state index contributed by atoms with van der Waals surface area (Å²) in [5, 5.41) is 10.6. The van der Waals surface area contributed by atoms with Crippen LogP contribution in [-0.2, 0) is 0 Å². The van der Waals surface area contributed by atoms with Crippen molar-refractivity contribution in [2.45, 2.75) is 0 Å². The summed E-state index contributed by atoms with van der Waals surface area (Å²) in [6.45, 7) is 1.53. The molecule has 0 aliphatic carbocycles. The second-order valence-electron chi connectivity index (χ2n) is 8.63. The Labute approximate surface area is 231 Å². The van der Waals surface area contributed by atoms with Crippen LogP contribution >= 0.6 is 23.2 Å². The third-order valence-corrected chi connectivity index (χ3v) is 6.18. The average molecular weight is 555 g/mol. The lowest BCUT2D eigenvalue weighted by atomic mass is 10.1. The molecule has 4 aromatic rings. The quantitative estimate of drug-likeness (QED) is 0.225. The lowest BCUT2D eigenvalue weighted by molar-refractivity contribution is 0.262. The molecule has 2 amide bonds. The number of amides is 2. The number of hydrogen-bond donors (Lipinski definition) is 3. The molecule has 0 aliphatic rings. The highest BCUT2D eigenvalue weighted by molar-refractivity contribution is 6.36. The van der Waals surface area contributed by atoms with E-state index in [4.69, 9.17) is 42.6 Å². The summed E-state index contributed by atoms with van der Waals surface area (Å²) in [6.07, 6.45) is 0.